The van der Waals surface area contributed by atoms with Gasteiger partial charge >= 0.3 is 0 Å². The van der Waals surface area contributed by atoms with Crippen LogP contribution in [0.1, 0.15) is 5.56 Å². The third-order valence-corrected chi connectivity index (χ3v) is 2.15. The molecule has 0 spiro atoms. The third kappa shape index (κ3) is 3.74. The predicted octanol–water partition coefficient (Wildman–Crippen LogP) is 1.06. The largest absolute Gasteiger partial charge is 0.497 e. The van der Waals surface area contributed by atoms with Crippen molar-refractivity contribution in [2.75, 3.05) is 13.7 Å². The van der Waals surface area contributed by atoms with Crippen LogP contribution < -0.4 is 16.2 Å². The Morgan fingerprint density at radius 2 is 2.00 bits per heavy atom. The van der Waals surface area contributed by atoms with E-state index >= 15 is 0 Å². The highest BCUT2D eigenvalue weighted by Crippen LogP contribution is 2.12. The zero-order valence-corrected chi connectivity index (χ0v) is 9.36. The van der Waals surface area contributed by atoms with Crippen LogP contribution in [-0.4, -0.2) is 19.4 Å². The number of nitrogens with two attached hydrogens (primary N) is 2. The molecule has 0 saturated carbocycles. The minimum absolute atomic E-state index is 0.212. The number of methoxy groups -OCH3 is 1. The molecular formula is C12H17N3O. The van der Waals surface area contributed by atoms with E-state index in [9.17, 15) is 0 Å². The molecule has 0 fully saturated rings. The molecule has 86 valence electrons. The summed E-state index contributed by atoms with van der Waals surface area (Å²) in [4.78, 5) is 0. The first-order valence-electron chi connectivity index (χ1n) is 5.02. The maximum Gasteiger partial charge on any atom is 0.118 e. The molecule has 0 aromatic heterocycles. The van der Waals surface area contributed by atoms with Gasteiger partial charge in [0.1, 0.15) is 5.75 Å². The van der Waals surface area contributed by atoms with Crippen molar-refractivity contribution in [1.29, 1.82) is 5.41 Å². The first kappa shape index (κ1) is 12.3. The summed E-state index contributed by atoms with van der Waals surface area (Å²) in [6, 6.07) is 7.67. The second kappa shape index (κ2) is 5.92. The molecule has 0 radical (unpaired) electrons. The molecule has 0 unspecified atom stereocenters. The molecule has 0 aliphatic heterocycles. The van der Waals surface area contributed by atoms with Gasteiger partial charge in [-0.05, 0) is 23.8 Å². The molecule has 1 aromatic carbocycles. The lowest BCUT2D eigenvalue weighted by molar-refractivity contribution is 0.414. The Morgan fingerprint density at radius 1 is 1.38 bits per heavy atom. The summed E-state index contributed by atoms with van der Waals surface area (Å²) in [6.07, 6.45) is 2.22. The first-order valence-corrected chi connectivity index (χ1v) is 5.02. The molecule has 4 heteroatoms. The lowest BCUT2D eigenvalue weighted by Gasteiger charge is -2.04. The topological polar surface area (TPSA) is 85.1 Å². The van der Waals surface area contributed by atoms with Crippen LogP contribution in [0.3, 0.4) is 0 Å². The normalized spacial score (nSPS) is 11.2. The quantitative estimate of drug-likeness (QED) is 0.647. The molecule has 0 heterocycles. The van der Waals surface area contributed by atoms with Gasteiger partial charge in [-0.1, -0.05) is 12.1 Å². The Hall–Kier alpha value is -1.81. The van der Waals surface area contributed by atoms with Gasteiger partial charge in [0.05, 0.1) is 7.11 Å². The summed E-state index contributed by atoms with van der Waals surface area (Å²) in [6.45, 7) is 0.212. The molecule has 0 atom stereocenters. The smallest absolute Gasteiger partial charge is 0.118 e. The number of rotatable bonds is 5. The van der Waals surface area contributed by atoms with E-state index in [1.165, 1.54) is 0 Å². The summed E-state index contributed by atoms with van der Waals surface area (Å²) >= 11 is 0. The summed E-state index contributed by atoms with van der Waals surface area (Å²) in [5, 5.41) is 7.40. The number of benzene rings is 1. The van der Waals surface area contributed by atoms with Crippen LogP contribution in [0, 0.1) is 5.41 Å². The Morgan fingerprint density at radius 3 is 2.50 bits per heavy atom. The van der Waals surface area contributed by atoms with Crippen LogP contribution in [0.4, 0.5) is 0 Å². The van der Waals surface area contributed by atoms with Crippen LogP contribution in [-0.2, 0) is 6.42 Å². The summed E-state index contributed by atoms with van der Waals surface area (Å²) in [5.41, 5.74) is 13.2. The Kier molecular flexibility index (Phi) is 4.54. The van der Waals surface area contributed by atoms with Crippen molar-refractivity contribution in [3.63, 3.8) is 0 Å². The van der Waals surface area contributed by atoms with Crippen molar-refractivity contribution in [2.24, 2.45) is 11.5 Å². The van der Waals surface area contributed by atoms with E-state index in [-0.39, 0.29) is 6.54 Å². The van der Waals surface area contributed by atoms with Crippen LogP contribution in [0.25, 0.3) is 0 Å². The van der Waals surface area contributed by atoms with Gasteiger partial charge in [-0.3, -0.25) is 0 Å². The van der Waals surface area contributed by atoms with E-state index in [1.54, 1.807) is 13.2 Å². The molecule has 0 aliphatic rings. The summed E-state index contributed by atoms with van der Waals surface area (Å²) < 4.78 is 5.06. The second-order valence-corrected chi connectivity index (χ2v) is 3.47. The fourth-order valence-corrected chi connectivity index (χ4v) is 1.31. The van der Waals surface area contributed by atoms with E-state index < -0.39 is 0 Å². The van der Waals surface area contributed by atoms with Crippen LogP contribution in [0.2, 0.25) is 0 Å². The fraction of sp³-hybridized carbons (Fsp3) is 0.250. The molecule has 16 heavy (non-hydrogen) atoms. The Balaban J connectivity index is 2.66. The summed E-state index contributed by atoms with van der Waals surface area (Å²) in [7, 11) is 1.63. The van der Waals surface area contributed by atoms with E-state index in [0.717, 1.165) is 11.3 Å². The maximum absolute atomic E-state index is 7.40. The van der Waals surface area contributed by atoms with Crippen LogP contribution in [0.15, 0.2) is 36.0 Å². The highest BCUT2D eigenvalue weighted by molar-refractivity contribution is 5.94. The van der Waals surface area contributed by atoms with Crippen molar-refractivity contribution < 1.29 is 4.74 Å². The van der Waals surface area contributed by atoms with E-state index in [4.69, 9.17) is 21.6 Å². The van der Waals surface area contributed by atoms with Crippen molar-refractivity contribution in [3.8, 4) is 5.75 Å². The zero-order valence-electron chi connectivity index (χ0n) is 9.36. The van der Waals surface area contributed by atoms with Gasteiger partial charge in [-0.25, -0.2) is 0 Å². The van der Waals surface area contributed by atoms with Gasteiger partial charge in [0.2, 0.25) is 0 Å². The predicted molar refractivity (Wildman–Crippen MR) is 65.7 cm³/mol. The Bertz CT molecular complexity index is 382. The molecular weight excluding hydrogens is 202 g/mol. The van der Waals surface area contributed by atoms with Crippen molar-refractivity contribution in [3.05, 3.63) is 41.6 Å². The molecule has 0 aliphatic carbocycles. The van der Waals surface area contributed by atoms with Gasteiger partial charge in [0.25, 0.3) is 0 Å². The number of allylic oxidation sites excluding steroid dienone is 1. The minimum Gasteiger partial charge on any atom is -0.497 e. The molecule has 1 aromatic rings. The maximum atomic E-state index is 7.40. The van der Waals surface area contributed by atoms with Crippen LogP contribution >= 0.6 is 0 Å². The zero-order chi connectivity index (χ0) is 12.0. The second-order valence-electron chi connectivity index (χ2n) is 3.47. The SMILES string of the molecule is COc1ccc(C/C(N)=C/C(=N)CN)cc1. The Labute approximate surface area is 95.4 Å². The average molecular weight is 219 g/mol. The molecule has 4 nitrogen and oxygen atoms in total. The number of nitrogens with one attached hydrogen (secondary N) is 1. The van der Waals surface area contributed by atoms with E-state index in [0.29, 0.717) is 17.8 Å². The molecule has 0 amide bonds. The van der Waals surface area contributed by atoms with E-state index in [2.05, 4.69) is 0 Å². The van der Waals surface area contributed by atoms with Crippen molar-refractivity contribution >= 4 is 5.71 Å². The molecule has 5 N–H and O–H groups in total. The van der Waals surface area contributed by atoms with E-state index in [1.807, 2.05) is 24.3 Å². The van der Waals surface area contributed by atoms with Crippen LogP contribution in [0.5, 0.6) is 5.75 Å². The minimum atomic E-state index is 0.212. The highest BCUT2D eigenvalue weighted by atomic mass is 16.5. The van der Waals surface area contributed by atoms with Crippen molar-refractivity contribution in [1.82, 2.24) is 0 Å². The highest BCUT2D eigenvalue weighted by Gasteiger charge is 1.98. The molecule has 0 bridgehead atoms. The fourth-order valence-electron chi connectivity index (χ4n) is 1.31. The molecule has 0 saturated heterocycles. The van der Waals surface area contributed by atoms with Gasteiger partial charge in [0.15, 0.2) is 0 Å². The third-order valence-electron chi connectivity index (χ3n) is 2.15. The lowest BCUT2D eigenvalue weighted by atomic mass is 10.1. The van der Waals surface area contributed by atoms with Gasteiger partial charge in [-0.2, -0.15) is 0 Å². The summed E-state index contributed by atoms with van der Waals surface area (Å²) in [5.74, 6) is 0.820. The standard InChI is InChI=1S/C12H17N3O/c1-16-12-4-2-9(3-5-12)6-10(14)7-11(15)8-13/h2-5,7,15H,6,8,13-14H2,1H3/b10-7-,15-11?. The average Bonchev–Trinajstić information content (AvgIpc) is 2.29. The number of hydrogen-bond donors (Lipinski definition) is 3. The van der Waals surface area contributed by atoms with Crippen molar-refractivity contribution in [2.45, 2.75) is 6.42 Å². The number of ether oxygens (including phenoxy) is 1. The molecule has 1 rings (SSSR count). The first-order chi connectivity index (χ1) is 7.65. The van der Waals surface area contributed by atoms with Gasteiger partial charge in [-0.15, -0.1) is 0 Å². The lowest BCUT2D eigenvalue weighted by Crippen LogP contribution is -2.13. The monoisotopic (exact) mass is 219 g/mol. The van der Waals surface area contributed by atoms with Gasteiger partial charge < -0.3 is 21.6 Å². The number of hydrogen-bond acceptors (Lipinski definition) is 4. The van der Waals surface area contributed by atoms with Gasteiger partial charge in [0, 0.05) is 24.4 Å².